The van der Waals surface area contributed by atoms with E-state index in [2.05, 4.69) is 20.9 Å². The van der Waals surface area contributed by atoms with Crippen molar-refractivity contribution in [3.63, 3.8) is 0 Å². The number of benzene rings is 1. The molecule has 1 N–H and O–H groups in total. The Balaban J connectivity index is 2.05. The Kier molecular flexibility index (Phi) is 4.68. The van der Waals surface area contributed by atoms with Crippen LogP contribution in [0.5, 0.6) is 0 Å². The first kappa shape index (κ1) is 16.0. The van der Waals surface area contributed by atoms with E-state index in [1.165, 1.54) is 7.05 Å². The van der Waals surface area contributed by atoms with Crippen molar-refractivity contribution in [1.82, 2.24) is 9.55 Å². The number of rotatable bonds is 3. The number of halogens is 1. The number of anilines is 1. The highest BCUT2D eigenvalue weighted by atomic mass is 79.9. The zero-order chi connectivity index (χ0) is 16.4. The lowest BCUT2D eigenvalue weighted by molar-refractivity contribution is 0.122. The number of hydrogen-bond donors (Lipinski definition) is 1. The molecule has 1 fully saturated rings. The Labute approximate surface area is 141 Å². The number of hydrogen-bond acceptors (Lipinski definition) is 4. The molecule has 0 unspecified atom stereocenters. The van der Waals surface area contributed by atoms with Crippen molar-refractivity contribution >= 4 is 21.7 Å². The molecule has 0 radical (unpaired) electrons. The predicted octanol–water partition coefficient (Wildman–Crippen LogP) is 1.26. The van der Waals surface area contributed by atoms with E-state index in [1.807, 2.05) is 29.2 Å². The fraction of sp³-hybridized carbons (Fsp3) is 0.375. The van der Waals surface area contributed by atoms with E-state index in [0.29, 0.717) is 44.1 Å². The van der Waals surface area contributed by atoms with Crippen LogP contribution >= 0.6 is 15.9 Å². The van der Waals surface area contributed by atoms with Gasteiger partial charge < -0.3 is 9.64 Å². The molecular weight excluding hydrogens is 362 g/mol. The van der Waals surface area contributed by atoms with E-state index in [-0.39, 0.29) is 5.56 Å². The van der Waals surface area contributed by atoms with Gasteiger partial charge in [0.1, 0.15) is 5.82 Å². The monoisotopic (exact) mass is 379 g/mol. The largest absolute Gasteiger partial charge is 0.378 e. The number of aromatic nitrogens is 2. The van der Waals surface area contributed by atoms with E-state index in [9.17, 15) is 9.59 Å². The molecule has 3 rings (SSSR count). The van der Waals surface area contributed by atoms with Crippen molar-refractivity contribution in [2.45, 2.75) is 6.42 Å². The molecule has 2 aromatic rings. The third-order valence-electron chi connectivity index (χ3n) is 4.00. The van der Waals surface area contributed by atoms with Crippen molar-refractivity contribution < 1.29 is 4.74 Å². The number of morpholine rings is 1. The third-order valence-corrected chi connectivity index (χ3v) is 4.53. The summed E-state index contributed by atoms with van der Waals surface area (Å²) in [7, 11) is 1.50. The number of aromatic amines is 1. The van der Waals surface area contributed by atoms with Crippen LogP contribution in [0.25, 0.3) is 0 Å². The highest BCUT2D eigenvalue weighted by Crippen LogP contribution is 2.19. The van der Waals surface area contributed by atoms with Gasteiger partial charge in [-0.25, -0.2) is 4.79 Å². The molecule has 1 aromatic heterocycles. The Morgan fingerprint density at radius 3 is 2.48 bits per heavy atom. The summed E-state index contributed by atoms with van der Waals surface area (Å²) in [4.78, 5) is 29.5. The maximum Gasteiger partial charge on any atom is 0.329 e. The van der Waals surface area contributed by atoms with Crippen molar-refractivity contribution in [2.75, 3.05) is 31.2 Å². The van der Waals surface area contributed by atoms with Gasteiger partial charge in [-0.05, 0) is 17.7 Å². The second-order valence-electron chi connectivity index (χ2n) is 5.52. The molecule has 122 valence electrons. The van der Waals surface area contributed by atoms with Gasteiger partial charge in [0, 0.05) is 31.0 Å². The highest BCUT2D eigenvalue weighted by Gasteiger charge is 2.20. The summed E-state index contributed by atoms with van der Waals surface area (Å²) in [5, 5.41) is 0. The minimum absolute atomic E-state index is 0.252. The topological polar surface area (TPSA) is 67.3 Å². The summed E-state index contributed by atoms with van der Waals surface area (Å²) in [5.74, 6) is 0.615. The molecule has 23 heavy (non-hydrogen) atoms. The highest BCUT2D eigenvalue weighted by molar-refractivity contribution is 9.10. The van der Waals surface area contributed by atoms with Crippen LogP contribution in [-0.2, 0) is 18.2 Å². The number of nitrogens with one attached hydrogen (secondary N) is 1. The van der Waals surface area contributed by atoms with E-state index in [1.54, 1.807) is 0 Å². The second-order valence-corrected chi connectivity index (χ2v) is 6.44. The molecule has 0 aliphatic carbocycles. The Hall–Kier alpha value is -1.86. The van der Waals surface area contributed by atoms with Crippen LogP contribution in [-0.4, -0.2) is 35.9 Å². The average molecular weight is 380 g/mol. The first-order valence-electron chi connectivity index (χ1n) is 7.45. The summed E-state index contributed by atoms with van der Waals surface area (Å²) in [6.45, 7) is 2.51. The van der Waals surface area contributed by atoms with Crippen molar-refractivity contribution in [1.29, 1.82) is 0 Å². The van der Waals surface area contributed by atoms with Crippen molar-refractivity contribution in [3.8, 4) is 0 Å². The van der Waals surface area contributed by atoms with Gasteiger partial charge in [0.25, 0.3) is 5.56 Å². The Bertz CT molecular complexity index is 805. The van der Waals surface area contributed by atoms with Crippen LogP contribution in [0.15, 0.2) is 38.3 Å². The standard InChI is InChI=1S/C16H18BrN3O3/c1-19-15(21)13(10-11-2-4-12(17)5-3-11)14(18-16(19)22)20-6-8-23-9-7-20/h2-5H,6-10H2,1H3,(H,18,22). The van der Waals surface area contributed by atoms with Crippen LogP contribution in [0.1, 0.15) is 11.1 Å². The van der Waals surface area contributed by atoms with Gasteiger partial charge in [-0.3, -0.25) is 14.3 Å². The van der Waals surface area contributed by atoms with Gasteiger partial charge in [-0.1, -0.05) is 28.1 Å². The molecule has 1 saturated heterocycles. The fourth-order valence-electron chi connectivity index (χ4n) is 2.68. The first-order chi connectivity index (χ1) is 11.1. The zero-order valence-electron chi connectivity index (χ0n) is 12.8. The Morgan fingerprint density at radius 1 is 1.17 bits per heavy atom. The minimum Gasteiger partial charge on any atom is -0.378 e. The molecule has 0 amide bonds. The van der Waals surface area contributed by atoms with Gasteiger partial charge in [0.05, 0.1) is 18.8 Å². The van der Waals surface area contributed by atoms with Crippen LogP contribution < -0.4 is 16.1 Å². The van der Waals surface area contributed by atoms with Crippen LogP contribution in [0.2, 0.25) is 0 Å². The molecule has 1 aliphatic heterocycles. The molecule has 1 aliphatic rings. The van der Waals surface area contributed by atoms with Crippen LogP contribution in [0.3, 0.4) is 0 Å². The maximum atomic E-state index is 12.6. The smallest absolute Gasteiger partial charge is 0.329 e. The fourth-order valence-corrected chi connectivity index (χ4v) is 2.94. The lowest BCUT2D eigenvalue weighted by atomic mass is 10.1. The van der Waals surface area contributed by atoms with E-state index < -0.39 is 5.69 Å². The van der Waals surface area contributed by atoms with Gasteiger partial charge in [0.15, 0.2) is 0 Å². The summed E-state index contributed by atoms with van der Waals surface area (Å²) >= 11 is 3.41. The molecule has 1 aromatic carbocycles. The minimum atomic E-state index is -0.393. The summed E-state index contributed by atoms with van der Waals surface area (Å²) in [6.07, 6.45) is 0.476. The number of H-pyrrole nitrogens is 1. The van der Waals surface area contributed by atoms with Crippen LogP contribution in [0, 0.1) is 0 Å². The third kappa shape index (κ3) is 3.40. The maximum absolute atomic E-state index is 12.6. The van der Waals surface area contributed by atoms with Gasteiger partial charge in [-0.15, -0.1) is 0 Å². The first-order valence-corrected chi connectivity index (χ1v) is 8.25. The molecule has 7 heteroatoms. The second kappa shape index (κ2) is 6.72. The number of ether oxygens (including phenoxy) is 1. The molecular formula is C16H18BrN3O3. The van der Waals surface area contributed by atoms with Gasteiger partial charge >= 0.3 is 5.69 Å². The average Bonchev–Trinajstić information content (AvgIpc) is 2.58. The van der Waals surface area contributed by atoms with Gasteiger partial charge in [-0.2, -0.15) is 0 Å². The lowest BCUT2D eigenvalue weighted by Crippen LogP contribution is -2.43. The molecule has 0 atom stereocenters. The van der Waals surface area contributed by atoms with E-state index in [4.69, 9.17) is 4.74 Å². The van der Waals surface area contributed by atoms with Crippen molar-refractivity contribution in [2.24, 2.45) is 7.05 Å². The van der Waals surface area contributed by atoms with E-state index >= 15 is 0 Å². The SMILES string of the molecule is Cn1c(=O)[nH]c(N2CCOCC2)c(Cc2ccc(Br)cc2)c1=O. The molecule has 0 spiro atoms. The van der Waals surface area contributed by atoms with Gasteiger partial charge in [0.2, 0.25) is 0 Å². The quantitative estimate of drug-likeness (QED) is 0.871. The summed E-state index contributed by atoms with van der Waals surface area (Å²) < 4.78 is 7.47. The Morgan fingerprint density at radius 2 is 1.83 bits per heavy atom. The molecule has 0 saturated carbocycles. The number of nitrogens with zero attached hydrogens (tertiary/aromatic N) is 2. The molecule has 2 heterocycles. The van der Waals surface area contributed by atoms with Crippen molar-refractivity contribution in [3.05, 3.63) is 60.7 Å². The van der Waals surface area contributed by atoms with E-state index in [0.717, 1.165) is 14.6 Å². The summed E-state index contributed by atoms with van der Waals surface area (Å²) in [6, 6.07) is 7.83. The molecule has 6 nitrogen and oxygen atoms in total. The zero-order valence-corrected chi connectivity index (χ0v) is 14.4. The predicted molar refractivity (Wildman–Crippen MR) is 92.3 cm³/mol. The normalized spacial score (nSPS) is 15.0. The molecule has 0 bridgehead atoms. The van der Waals surface area contributed by atoms with Crippen LogP contribution in [0.4, 0.5) is 5.82 Å². The lowest BCUT2D eigenvalue weighted by Gasteiger charge is -2.29. The summed E-state index contributed by atoms with van der Waals surface area (Å²) in [5.41, 5.74) is 0.984.